The highest BCUT2D eigenvalue weighted by Crippen LogP contribution is 2.45. The van der Waals surface area contributed by atoms with Gasteiger partial charge in [-0.15, -0.1) is 0 Å². The lowest BCUT2D eigenvalue weighted by molar-refractivity contribution is -0.141. The standard InChI is InChI=1S/C12H21NO3/c1-11(2,3)16-10(14)13-7-12(4,15)8-5-9(13)6-8/h8-9,15H,5-7H2,1-4H3. The van der Waals surface area contributed by atoms with E-state index in [-0.39, 0.29) is 12.1 Å². The van der Waals surface area contributed by atoms with Crippen molar-refractivity contribution >= 4 is 6.09 Å². The largest absolute Gasteiger partial charge is 0.444 e. The van der Waals surface area contributed by atoms with Crippen LogP contribution < -0.4 is 0 Å². The van der Waals surface area contributed by atoms with Crippen molar-refractivity contribution in [1.29, 1.82) is 0 Å². The number of hydrogen-bond donors (Lipinski definition) is 1. The second-order valence-corrected chi connectivity index (χ2v) is 6.29. The first-order chi connectivity index (χ1) is 7.19. The highest BCUT2D eigenvalue weighted by Gasteiger charge is 2.52. The average molecular weight is 227 g/mol. The molecule has 1 N–H and O–H groups in total. The molecule has 4 nitrogen and oxygen atoms in total. The number of aliphatic hydroxyl groups is 1. The third kappa shape index (κ3) is 2.03. The van der Waals surface area contributed by atoms with E-state index in [9.17, 15) is 9.90 Å². The van der Waals surface area contributed by atoms with Crippen LogP contribution in [0, 0.1) is 5.92 Å². The Balaban J connectivity index is 2.02. The van der Waals surface area contributed by atoms with Gasteiger partial charge in [-0.2, -0.15) is 0 Å². The molecule has 1 atom stereocenters. The van der Waals surface area contributed by atoms with Gasteiger partial charge in [0.1, 0.15) is 5.60 Å². The SMILES string of the molecule is CC(C)(C)OC(=O)N1CC(C)(O)C2CC1C2. The molecule has 0 aromatic carbocycles. The molecule has 3 aliphatic rings. The molecule has 1 saturated carbocycles. The predicted octanol–water partition coefficient (Wildman–Crippen LogP) is 1.77. The molecule has 3 rings (SSSR count). The lowest BCUT2D eigenvalue weighted by Gasteiger charge is -2.56. The Hall–Kier alpha value is -0.770. The zero-order chi connectivity index (χ0) is 12.1. The van der Waals surface area contributed by atoms with E-state index in [1.807, 2.05) is 27.7 Å². The Labute approximate surface area is 96.6 Å². The summed E-state index contributed by atoms with van der Waals surface area (Å²) >= 11 is 0. The second kappa shape index (κ2) is 3.36. The maximum absolute atomic E-state index is 11.9. The molecule has 1 aliphatic carbocycles. The minimum Gasteiger partial charge on any atom is -0.444 e. The van der Waals surface area contributed by atoms with Gasteiger partial charge in [-0.3, -0.25) is 0 Å². The van der Waals surface area contributed by atoms with E-state index in [0.29, 0.717) is 12.5 Å². The van der Waals surface area contributed by atoms with Crippen LogP contribution in [0.25, 0.3) is 0 Å². The highest BCUT2D eigenvalue weighted by molar-refractivity contribution is 5.69. The van der Waals surface area contributed by atoms with Crippen LogP contribution in [-0.4, -0.2) is 39.9 Å². The van der Waals surface area contributed by atoms with Crippen LogP contribution in [0.4, 0.5) is 4.79 Å². The van der Waals surface area contributed by atoms with E-state index < -0.39 is 11.2 Å². The summed E-state index contributed by atoms with van der Waals surface area (Å²) in [6, 6.07) is 0.278. The molecular weight excluding hydrogens is 206 g/mol. The molecular formula is C12H21NO3. The lowest BCUT2D eigenvalue weighted by Crippen LogP contribution is -2.65. The summed E-state index contributed by atoms with van der Waals surface area (Å²) in [6.07, 6.45) is 1.52. The quantitative estimate of drug-likeness (QED) is 0.686. The summed E-state index contributed by atoms with van der Waals surface area (Å²) in [5, 5.41) is 10.1. The summed E-state index contributed by atoms with van der Waals surface area (Å²) in [5.74, 6) is 0.358. The molecule has 0 aromatic heterocycles. The molecule has 2 aliphatic heterocycles. The summed E-state index contributed by atoms with van der Waals surface area (Å²) in [6.45, 7) is 7.78. The fraction of sp³-hybridized carbons (Fsp3) is 0.917. The maximum atomic E-state index is 11.9. The van der Waals surface area contributed by atoms with Crippen molar-refractivity contribution in [2.45, 2.75) is 57.8 Å². The van der Waals surface area contributed by atoms with Gasteiger partial charge in [-0.25, -0.2) is 4.79 Å². The topological polar surface area (TPSA) is 49.8 Å². The van der Waals surface area contributed by atoms with Crippen molar-refractivity contribution in [2.24, 2.45) is 5.92 Å². The lowest BCUT2D eigenvalue weighted by atomic mass is 9.66. The zero-order valence-electron chi connectivity index (χ0n) is 10.5. The van der Waals surface area contributed by atoms with Crippen LogP contribution >= 0.6 is 0 Å². The van der Waals surface area contributed by atoms with Gasteiger partial charge in [0.05, 0.1) is 12.1 Å². The number of carbonyl (C=O) groups excluding carboxylic acids is 1. The number of rotatable bonds is 0. The second-order valence-electron chi connectivity index (χ2n) is 6.29. The van der Waals surface area contributed by atoms with E-state index >= 15 is 0 Å². The van der Waals surface area contributed by atoms with Gasteiger partial charge in [0.25, 0.3) is 0 Å². The van der Waals surface area contributed by atoms with E-state index in [2.05, 4.69) is 0 Å². The van der Waals surface area contributed by atoms with Gasteiger partial charge in [0.15, 0.2) is 0 Å². The van der Waals surface area contributed by atoms with Gasteiger partial charge < -0.3 is 14.7 Å². The van der Waals surface area contributed by atoms with Crippen molar-refractivity contribution in [2.75, 3.05) is 6.54 Å². The van der Waals surface area contributed by atoms with Crippen LogP contribution in [-0.2, 0) is 4.74 Å². The number of nitrogens with zero attached hydrogens (tertiary/aromatic N) is 1. The van der Waals surface area contributed by atoms with Gasteiger partial charge in [-0.1, -0.05) is 0 Å². The molecule has 0 aromatic rings. The monoisotopic (exact) mass is 227 g/mol. The minimum atomic E-state index is -0.744. The smallest absolute Gasteiger partial charge is 0.410 e. The molecule has 3 fully saturated rings. The Kier molecular flexibility index (Phi) is 2.46. The summed E-state index contributed by atoms with van der Waals surface area (Å²) in [5.41, 5.74) is -1.21. The maximum Gasteiger partial charge on any atom is 0.410 e. The molecule has 0 radical (unpaired) electrons. The number of carbonyl (C=O) groups is 1. The third-order valence-corrected chi connectivity index (χ3v) is 3.55. The minimum absolute atomic E-state index is 0.278. The number of ether oxygens (including phenoxy) is 1. The van der Waals surface area contributed by atoms with Gasteiger partial charge >= 0.3 is 6.09 Å². The van der Waals surface area contributed by atoms with Crippen LogP contribution in [0.1, 0.15) is 40.5 Å². The molecule has 16 heavy (non-hydrogen) atoms. The highest BCUT2D eigenvalue weighted by atomic mass is 16.6. The van der Waals surface area contributed by atoms with Crippen molar-refractivity contribution in [3.63, 3.8) is 0 Å². The van der Waals surface area contributed by atoms with E-state index in [0.717, 1.165) is 12.8 Å². The first kappa shape index (κ1) is 11.7. The molecule has 2 heterocycles. The van der Waals surface area contributed by atoms with Crippen molar-refractivity contribution in [3.05, 3.63) is 0 Å². The van der Waals surface area contributed by atoms with Gasteiger partial charge in [-0.05, 0) is 46.5 Å². The van der Waals surface area contributed by atoms with E-state index in [1.54, 1.807) is 4.90 Å². The van der Waals surface area contributed by atoms with Crippen LogP contribution in [0.3, 0.4) is 0 Å². The molecule has 1 amide bonds. The molecule has 92 valence electrons. The molecule has 4 heteroatoms. The summed E-state index contributed by atoms with van der Waals surface area (Å²) in [7, 11) is 0. The molecule has 2 bridgehead atoms. The third-order valence-electron chi connectivity index (χ3n) is 3.55. The summed E-state index contributed by atoms with van der Waals surface area (Å²) in [4.78, 5) is 13.6. The predicted molar refractivity (Wildman–Crippen MR) is 60.1 cm³/mol. The Morgan fingerprint density at radius 3 is 2.44 bits per heavy atom. The summed E-state index contributed by atoms with van der Waals surface area (Å²) < 4.78 is 5.34. The van der Waals surface area contributed by atoms with E-state index in [4.69, 9.17) is 4.74 Å². The first-order valence-electron chi connectivity index (χ1n) is 5.91. The number of amides is 1. The number of fused-ring (bicyclic) bond motifs is 2. The Morgan fingerprint density at radius 1 is 1.44 bits per heavy atom. The van der Waals surface area contributed by atoms with Gasteiger partial charge in [0, 0.05) is 6.04 Å². The van der Waals surface area contributed by atoms with E-state index in [1.165, 1.54) is 0 Å². The first-order valence-corrected chi connectivity index (χ1v) is 5.91. The molecule has 2 saturated heterocycles. The number of piperidine rings is 2. The van der Waals surface area contributed by atoms with Crippen molar-refractivity contribution in [1.82, 2.24) is 4.90 Å². The van der Waals surface area contributed by atoms with Crippen LogP contribution in [0.2, 0.25) is 0 Å². The van der Waals surface area contributed by atoms with Crippen molar-refractivity contribution in [3.8, 4) is 0 Å². The van der Waals surface area contributed by atoms with Crippen molar-refractivity contribution < 1.29 is 14.6 Å². The molecule has 1 unspecified atom stereocenters. The normalized spacial score (nSPS) is 37.9. The average Bonchev–Trinajstić information content (AvgIpc) is 1.94. The van der Waals surface area contributed by atoms with Gasteiger partial charge in [0.2, 0.25) is 0 Å². The fourth-order valence-corrected chi connectivity index (χ4v) is 2.49. The molecule has 0 spiro atoms. The fourth-order valence-electron chi connectivity index (χ4n) is 2.49. The van der Waals surface area contributed by atoms with Crippen LogP contribution in [0.15, 0.2) is 0 Å². The zero-order valence-corrected chi connectivity index (χ0v) is 10.5. The Bertz CT molecular complexity index is 300. The van der Waals surface area contributed by atoms with Crippen LogP contribution in [0.5, 0.6) is 0 Å². The Morgan fingerprint density at radius 2 is 2.00 bits per heavy atom. The number of hydrogen-bond acceptors (Lipinski definition) is 3.